The summed E-state index contributed by atoms with van der Waals surface area (Å²) in [6, 6.07) is 5.82. The van der Waals surface area contributed by atoms with E-state index in [0.717, 1.165) is 42.2 Å². The molecule has 0 amide bonds. The predicted molar refractivity (Wildman–Crippen MR) is 91.1 cm³/mol. The van der Waals surface area contributed by atoms with E-state index in [9.17, 15) is 0 Å². The quantitative estimate of drug-likeness (QED) is 0.572. The van der Waals surface area contributed by atoms with Crippen LogP contribution < -0.4 is 20.1 Å². The molecule has 0 aromatic heterocycles. The number of nitrogens with zero attached hydrogens (tertiary/aromatic N) is 1. The van der Waals surface area contributed by atoms with Gasteiger partial charge in [0.25, 0.3) is 0 Å². The molecule has 1 aromatic carbocycles. The van der Waals surface area contributed by atoms with E-state index in [-0.39, 0.29) is 0 Å². The molecule has 0 radical (unpaired) electrons. The average Bonchev–Trinajstić information content (AvgIpc) is 3.33. The molecule has 1 aliphatic carbocycles. The van der Waals surface area contributed by atoms with Crippen LogP contribution in [0.4, 0.5) is 5.69 Å². The third kappa shape index (κ3) is 5.13. The Morgan fingerprint density at radius 1 is 1.27 bits per heavy atom. The van der Waals surface area contributed by atoms with Crippen molar-refractivity contribution in [2.75, 3.05) is 32.1 Å². The molecular weight excluding hydrogens is 278 g/mol. The number of guanidine groups is 1. The fourth-order valence-electron chi connectivity index (χ4n) is 2.23. The summed E-state index contributed by atoms with van der Waals surface area (Å²) in [7, 11) is 1.65. The maximum Gasteiger partial charge on any atom is 0.195 e. The second-order valence-electron chi connectivity index (χ2n) is 5.42. The van der Waals surface area contributed by atoms with Crippen LogP contribution in [-0.2, 0) is 0 Å². The van der Waals surface area contributed by atoms with Gasteiger partial charge in [0.05, 0.1) is 13.7 Å². The highest BCUT2D eigenvalue weighted by molar-refractivity contribution is 5.93. The van der Waals surface area contributed by atoms with Gasteiger partial charge >= 0.3 is 0 Å². The second-order valence-corrected chi connectivity index (χ2v) is 5.42. The number of aliphatic imine (C=N–C) groups is 1. The van der Waals surface area contributed by atoms with Crippen molar-refractivity contribution in [3.63, 3.8) is 0 Å². The lowest BCUT2D eigenvalue weighted by Gasteiger charge is -2.14. The third-order valence-corrected chi connectivity index (χ3v) is 3.57. The Bertz CT molecular complexity index is 499. The number of methoxy groups -OCH3 is 1. The monoisotopic (exact) mass is 305 g/mol. The Hall–Kier alpha value is -1.91. The molecule has 1 saturated carbocycles. The maximum atomic E-state index is 5.53. The van der Waals surface area contributed by atoms with Crippen molar-refractivity contribution in [2.45, 2.75) is 33.1 Å². The van der Waals surface area contributed by atoms with Crippen LogP contribution in [0.3, 0.4) is 0 Å². The van der Waals surface area contributed by atoms with Gasteiger partial charge in [-0.1, -0.05) is 12.8 Å². The summed E-state index contributed by atoms with van der Waals surface area (Å²) in [6.45, 7) is 6.35. The van der Waals surface area contributed by atoms with Crippen LogP contribution >= 0.6 is 0 Å². The summed E-state index contributed by atoms with van der Waals surface area (Å²) in [5, 5.41) is 6.59. The molecule has 0 heterocycles. The molecule has 0 spiro atoms. The molecular formula is C17H27N3O2. The van der Waals surface area contributed by atoms with Gasteiger partial charge in [-0.2, -0.15) is 0 Å². The molecule has 0 aliphatic heterocycles. The van der Waals surface area contributed by atoms with E-state index < -0.39 is 0 Å². The van der Waals surface area contributed by atoms with Gasteiger partial charge in [-0.25, -0.2) is 0 Å². The van der Waals surface area contributed by atoms with Gasteiger partial charge < -0.3 is 20.1 Å². The lowest BCUT2D eigenvalue weighted by molar-refractivity contribution is 0.311. The van der Waals surface area contributed by atoms with Crippen molar-refractivity contribution in [3.8, 4) is 11.5 Å². The van der Waals surface area contributed by atoms with Crippen LogP contribution in [0.5, 0.6) is 11.5 Å². The fraction of sp³-hybridized carbons (Fsp3) is 0.588. The van der Waals surface area contributed by atoms with Crippen LogP contribution in [-0.4, -0.2) is 32.8 Å². The van der Waals surface area contributed by atoms with Crippen LogP contribution in [0.1, 0.15) is 33.1 Å². The Morgan fingerprint density at radius 3 is 2.73 bits per heavy atom. The van der Waals surface area contributed by atoms with E-state index in [0.29, 0.717) is 6.61 Å². The summed E-state index contributed by atoms with van der Waals surface area (Å²) in [4.78, 5) is 4.63. The summed E-state index contributed by atoms with van der Waals surface area (Å²) < 4.78 is 10.9. The molecule has 0 saturated heterocycles. The lowest BCUT2D eigenvalue weighted by Crippen LogP contribution is -2.30. The van der Waals surface area contributed by atoms with Gasteiger partial charge in [0.2, 0.25) is 0 Å². The van der Waals surface area contributed by atoms with Crippen molar-refractivity contribution >= 4 is 11.6 Å². The predicted octanol–water partition coefficient (Wildman–Crippen LogP) is 3.27. The molecule has 1 fully saturated rings. The van der Waals surface area contributed by atoms with Crippen molar-refractivity contribution in [1.29, 1.82) is 0 Å². The molecule has 22 heavy (non-hydrogen) atoms. The highest BCUT2D eigenvalue weighted by atomic mass is 16.5. The van der Waals surface area contributed by atoms with E-state index >= 15 is 0 Å². The van der Waals surface area contributed by atoms with Gasteiger partial charge in [-0.05, 0) is 38.3 Å². The van der Waals surface area contributed by atoms with Gasteiger partial charge in [-0.15, -0.1) is 0 Å². The zero-order chi connectivity index (χ0) is 15.8. The first-order valence-corrected chi connectivity index (χ1v) is 8.13. The minimum absolute atomic E-state index is 0.619. The Labute approximate surface area is 133 Å². The van der Waals surface area contributed by atoms with E-state index in [2.05, 4.69) is 22.5 Å². The smallest absolute Gasteiger partial charge is 0.195 e. The molecule has 122 valence electrons. The first-order chi connectivity index (χ1) is 10.8. The zero-order valence-corrected chi connectivity index (χ0v) is 13.8. The summed E-state index contributed by atoms with van der Waals surface area (Å²) >= 11 is 0. The largest absolute Gasteiger partial charge is 0.493 e. The maximum absolute atomic E-state index is 5.53. The van der Waals surface area contributed by atoms with Gasteiger partial charge in [0.1, 0.15) is 0 Å². The lowest BCUT2D eigenvalue weighted by atomic mass is 10.2. The Balaban J connectivity index is 2.00. The van der Waals surface area contributed by atoms with E-state index in [1.165, 1.54) is 19.3 Å². The number of anilines is 1. The highest BCUT2D eigenvalue weighted by Crippen LogP contribution is 2.32. The molecule has 2 N–H and O–H groups in total. The van der Waals surface area contributed by atoms with Gasteiger partial charge in [-0.3, -0.25) is 4.99 Å². The molecule has 0 unspecified atom stereocenters. The van der Waals surface area contributed by atoms with Crippen molar-refractivity contribution in [1.82, 2.24) is 5.32 Å². The van der Waals surface area contributed by atoms with E-state index in [4.69, 9.17) is 9.47 Å². The van der Waals surface area contributed by atoms with Gasteiger partial charge in [0, 0.05) is 24.8 Å². The SMILES string of the molecule is CCNC(=NCCC1CC1)Nc1ccc(OCC)c(OC)c1. The minimum atomic E-state index is 0.619. The van der Waals surface area contributed by atoms with Crippen LogP contribution in [0.15, 0.2) is 23.2 Å². The molecule has 5 heteroatoms. The average molecular weight is 305 g/mol. The number of nitrogens with one attached hydrogen (secondary N) is 2. The van der Waals surface area contributed by atoms with Crippen LogP contribution in [0.25, 0.3) is 0 Å². The number of hydrogen-bond donors (Lipinski definition) is 2. The number of benzene rings is 1. The fourth-order valence-corrected chi connectivity index (χ4v) is 2.23. The molecule has 5 nitrogen and oxygen atoms in total. The standard InChI is InChI=1S/C17H27N3O2/c1-4-18-17(19-11-10-13-6-7-13)20-14-8-9-15(22-5-2)16(12-14)21-3/h8-9,12-13H,4-7,10-11H2,1-3H3,(H2,18,19,20). The molecule has 0 atom stereocenters. The van der Waals surface area contributed by atoms with Crippen molar-refractivity contribution in [3.05, 3.63) is 18.2 Å². The summed E-state index contributed by atoms with van der Waals surface area (Å²) in [5.74, 6) is 3.19. The second kappa shape index (κ2) is 8.51. The number of hydrogen-bond acceptors (Lipinski definition) is 3. The molecule has 1 aromatic rings. The van der Waals surface area contributed by atoms with Crippen molar-refractivity contribution < 1.29 is 9.47 Å². The normalized spacial score (nSPS) is 14.6. The molecule has 0 bridgehead atoms. The molecule has 2 rings (SSSR count). The van der Waals surface area contributed by atoms with Gasteiger partial charge in [0.15, 0.2) is 17.5 Å². The first-order valence-electron chi connectivity index (χ1n) is 8.13. The van der Waals surface area contributed by atoms with Crippen LogP contribution in [0, 0.1) is 5.92 Å². The van der Waals surface area contributed by atoms with Crippen LogP contribution in [0.2, 0.25) is 0 Å². The van der Waals surface area contributed by atoms with E-state index in [1.54, 1.807) is 7.11 Å². The van der Waals surface area contributed by atoms with Crippen molar-refractivity contribution in [2.24, 2.45) is 10.9 Å². The minimum Gasteiger partial charge on any atom is -0.493 e. The Morgan fingerprint density at radius 2 is 2.09 bits per heavy atom. The Kier molecular flexibility index (Phi) is 6.37. The summed E-state index contributed by atoms with van der Waals surface area (Å²) in [5.41, 5.74) is 0.937. The summed E-state index contributed by atoms with van der Waals surface area (Å²) in [6.07, 6.45) is 3.92. The highest BCUT2D eigenvalue weighted by Gasteiger charge is 2.20. The first kappa shape index (κ1) is 16.5. The number of rotatable bonds is 8. The third-order valence-electron chi connectivity index (χ3n) is 3.57. The molecule has 1 aliphatic rings. The van der Waals surface area contributed by atoms with E-state index in [1.807, 2.05) is 25.1 Å². The zero-order valence-electron chi connectivity index (χ0n) is 13.8. The topological polar surface area (TPSA) is 54.9 Å². The number of ether oxygens (including phenoxy) is 2.